The van der Waals surface area contributed by atoms with Gasteiger partial charge in [-0.25, -0.2) is 9.67 Å². The fourth-order valence-corrected chi connectivity index (χ4v) is 3.93. The summed E-state index contributed by atoms with van der Waals surface area (Å²) in [5.74, 6) is 0.609. The third-order valence-electron chi connectivity index (χ3n) is 5.39. The van der Waals surface area contributed by atoms with Gasteiger partial charge in [0, 0.05) is 25.4 Å². The van der Waals surface area contributed by atoms with Crippen LogP contribution >= 0.6 is 0 Å². The van der Waals surface area contributed by atoms with E-state index in [-0.39, 0.29) is 30.7 Å². The largest absolute Gasteiger partial charge is 0.482 e. The van der Waals surface area contributed by atoms with E-state index in [9.17, 15) is 14.4 Å². The van der Waals surface area contributed by atoms with Gasteiger partial charge in [0.05, 0.1) is 18.2 Å². The van der Waals surface area contributed by atoms with Crippen LogP contribution < -0.4 is 15.4 Å². The lowest BCUT2D eigenvalue weighted by molar-refractivity contribution is -0.134. The zero-order chi connectivity index (χ0) is 22.8. The maximum atomic E-state index is 12.3. The summed E-state index contributed by atoms with van der Waals surface area (Å²) in [6.45, 7) is 4.45. The summed E-state index contributed by atoms with van der Waals surface area (Å²) in [6.07, 6.45) is 0.688. The number of hydrogen-bond acceptors (Lipinski definition) is 7. The highest BCUT2D eigenvalue weighted by Crippen LogP contribution is 2.34. The van der Waals surface area contributed by atoms with Crippen LogP contribution in [0.5, 0.6) is 5.75 Å². The zero-order valence-electron chi connectivity index (χ0n) is 18.2. The number of aryl methyl sites for hydroxylation is 3. The van der Waals surface area contributed by atoms with Crippen molar-refractivity contribution in [1.82, 2.24) is 35.2 Å². The summed E-state index contributed by atoms with van der Waals surface area (Å²) in [4.78, 5) is 40.3. The summed E-state index contributed by atoms with van der Waals surface area (Å²) in [5, 5.41) is 14.7. The van der Waals surface area contributed by atoms with Gasteiger partial charge in [-0.05, 0) is 26.3 Å². The average molecular weight is 439 g/mol. The van der Waals surface area contributed by atoms with E-state index in [0.717, 1.165) is 11.2 Å². The number of hydrogen-bond donors (Lipinski definition) is 2. The summed E-state index contributed by atoms with van der Waals surface area (Å²) < 4.78 is 9.15. The maximum Gasteiger partial charge on any atom is 0.258 e. The van der Waals surface area contributed by atoms with Crippen molar-refractivity contribution in [3.8, 4) is 5.75 Å². The molecule has 0 saturated carbocycles. The molecule has 3 aromatic rings. The highest BCUT2D eigenvalue weighted by Gasteiger charge is 2.32. The molecule has 1 atom stereocenters. The predicted octanol–water partition coefficient (Wildman–Crippen LogP) is 0.497. The van der Waals surface area contributed by atoms with Crippen LogP contribution in [0, 0.1) is 13.8 Å². The molecule has 0 radical (unpaired) electrons. The SMILES string of the molecule is Cc1nc(C)n(CCNC(=O)COc2cccc3c(C4CCC(=O)NC4=O)nn(C)c23)n1. The molecule has 3 heterocycles. The van der Waals surface area contributed by atoms with Gasteiger partial charge in [0.25, 0.3) is 5.91 Å². The number of carbonyl (C=O) groups excluding carboxylic acids is 3. The molecule has 0 aliphatic carbocycles. The molecule has 168 valence electrons. The highest BCUT2D eigenvalue weighted by atomic mass is 16.5. The van der Waals surface area contributed by atoms with Crippen LogP contribution in [0.4, 0.5) is 0 Å². The van der Waals surface area contributed by atoms with Crippen LogP contribution in [-0.2, 0) is 28.0 Å². The third kappa shape index (κ3) is 4.32. The molecule has 4 rings (SSSR count). The second kappa shape index (κ2) is 8.77. The molecule has 1 aromatic carbocycles. The molecule has 11 heteroatoms. The summed E-state index contributed by atoms with van der Waals surface area (Å²) in [7, 11) is 1.76. The lowest BCUT2D eigenvalue weighted by atomic mass is 9.93. The Kier molecular flexibility index (Phi) is 5.89. The van der Waals surface area contributed by atoms with Crippen LogP contribution in [0.25, 0.3) is 10.9 Å². The number of amides is 3. The van der Waals surface area contributed by atoms with E-state index < -0.39 is 5.92 Å². The van der Waals surface area contributed by atoms with E-state index in [1.807, 2.05) is 19.9 Å². The Morgan fingerprint density at radius 1 is 1.28 bits per heavy atom. The molecule has 1 fully saturated rings. The van der Waals surface area contributed by atoms with Gasteiger partial charge < -0.3 is 10.1 Å². The molecule has 2 N–H and O–H groups in total. The maximum absolute atomic E-state index is 12.3. The number of aromatic nitrogens is 5. The highest BCUT2D eigenvalue weighted by molar-refractivity contribution is 6.03. The van der Waals surface area contributed by atoms with E-state index in [2.05, 4.69) is 25.8 Å². The predicted molar refractivity (Wildman–Crippen MR) is 114 cm³/mol. The summed E-state index contributed by atoms with van der Waals surface area (Å²) in [6, 6.07) is 5.41. The van der Waals surface area contributed by atoms with Crippen LogP contribution in [0.1, 0.15) is 36.1 Å². The number of carbonyl (C=O) groups is 3. The Labute approximate surface area is 184 Å². The second-order valence-corrected chi connectivity index (χ2v) is 7.73. The third-order valence-corrected chi connectivity index (χ3v) is 5.39. The Balaban J connectivity index is 1.42. The van der Waals surface area contributed by atoms with Crippen molar-refractivity contribution < 1.29 is 19.1 Å². The minimum atomic E-state index is -0.501. The molecule has 11 nitrogen and oxygen atoms in total. The van der Waals surface area contributed by atoms with Gasteiger partial charge in [0.1, 0.15) is 22.9 Å². The number of imide groups is 1. The number of fused-ring (bicyclic) bond motifs is 1. The van der Waals surface area contributed by atoms with E-state index in [0.29, 0.717) is 42.3 Å². The average Bonchev–Trinajstić information content (AvgIpc) is 3.25. The van der Waals surface area contributed by atoms with Crippen LogP contribution in [0.15, 0.2) is 18.2 Å². The standard InChI is InChI=1S/C21H25N7O4/c1-12-23-13(2)28(25-12)10-9-22-18(30)11-32-16-6-4-5-14-19(26-27(3)20(14)16)15-7-8-17(29)24-21(15)31/h4-6,15H,7-11H2,1-3H3,(H,22,30)(H,24,29,31). The molecule has 0 bridgehead atoms. The second-order valence-electron chi connectivity index (χ2n) is 7.73. The fourth-order valence-electron chi connectivity index (χ4n) is 3.93. The summed E-state index contributed by atoms with van der Waals surface area (Å²) in [5.41, 5.74) is 1.29. The van der Waals surface area contributed by atoms with Crippen molar-refractivity contribution in [2.24, 2.45) is 7.05 Å². The Morgan fingerprint density at radius 2 is 2.09 bits per heavy atom. The van der Waals surface area contributed by atoms with Gasteiger partial charge in [-0.1, -0.05) is 12.1 Å². The number of nitrogens with zero attached hydrogens (tertiary/aromatic N) is 5. The van der Waals surface area contributed by atoms with E-state index in [1.165, 1.54) is 0 Å². The van der Waals surface area contributed by atoms with Gasteiger partial charge in [-0.3, -0.25) is 24.4 Å². The number of piperidine rings is 1. The van der Waals surface area contributed by atoms with Crippen molar-refractivity contribution in [2.45, 2.75) is 39.2 Å². The van der Waals surface area contributed by atoms with Crippen molar-refractivity contribution in [3.63, 3.8) is 0 Å². The van der Waals surface area contributed by atoms with Gasteiger partial charge in [-0.2, -0.15) is 10.2 Å². The normalized spacial score (nSPS) is 16.3. The molecule has 1 aliphatic rings. The number of nitrogens with one attached hydrogen (secondary N) is 2. The molecule has 32 heavy (non-hydrogen) atoms. The molecule has 0 spiro atoms. The van der Waals surface area contributed by atoms with E-state index in [4.69, 9.17) is 4.74 Å². The monoisotopic (exact) mass is 439 g/mol. The van der Waals surface area contributed by atoms with Crippen molar-refractivity contribution >= 4 is 28.6 Å². The molecule has 2 aromatic heterocycles. The number of benzene rings is 1. The molecule has 1 saturated heterocycles. The van der Waals surface area contributed by atoms with Gasteiger partial charge in [0.2, 0.25) is 11.8 Å². The van der Waals surface area contributed by atoms with Crippen LogP contribution in [-0.4, -0.2) is 55.4 Å². The van der Waals surface area contributed by atoms with E-state index in [1.54, 1.807) is 28.5 Å². The fraction of sp³-hybridized carbons (Fsp3) is 0.429. The quantitative estimate of drug-likeness (QED) is 0.512. The minimum absolute atomic E-state index is 0.159. The molecular formula is C21H25N7O4. The van der Waals surface area contributed by atoms with Crippen LogP contribution in [0.3, 0.4) is 0 Å². The molecule has 3 amide bonds. The zero-order valence-corrected chi connectivity index (χ0v) is 18.2. The minimum Gasteiger partial charge on any atom is -0.482 e. The Bertz CT molecular complexity index is 1200. The van der Waals surface area contributed by atoms with Gasteiger partial charge in [0.15, 0.2) is 6.61 Å². The van der Waals surface area contributed by atoms with Gasteiger partial charge in [-0.15, -0.1) is 0 Å². The van der Waals surface area contributed by atoms with Crippen molar-refractivity contribution in [1.29, 1.82) is 0 Å². The van der Waals surface area contributed by atoms with Crippen molar-refractivity contribution in [2.75, 3.05) is 13.2 Å². The number of rotatable bonds is 7. The van der Waals surface area contributed by atoms with Crippen LogP contribution in [0.2, 0.25) is 0 Å². The lowest BCUT2D eigenvalue weighted by Crippen LogP contribution is -2.39. The van der Waals surface area contributed by atoms with Gasteiger partial charge >= 0.3 is 0 Å². The van der Waals surface area contributed by atoms with E-state index >= 15 is 0 Å². The van der Waals surface area contributed by atoms with Crippen molar-refractivity contribution in [3.05, 3.63) is 35.5 Å². The Hall–Kier alpha value is -3.76. The first-order valence-electron chi connectivity index (χ1n) is 10.4. The number of ether oxygens (including phenoxy) is 1. The summed E-state index contributed by atoms with van der Waals surface area (Å²) >= 11 is 0. The molecule has 1 unspecified atom stereocenters. The topological polar surface area (TPSA) is 133 Å². The molecule has 1 aliphatic heterocycles. The number of para-hydroxylation sites is 1. The first-order valence-corrected chi connectivity index (χ1v) is 10.4. The smallest absolute Gasteiger partial charge is 0.258 e. The lowest BCUT2D eigenvalue weighted by Gasteiger charge is -2.19. The first-order chi connectivity index (χ1) is 15.3. The Morgan fingerprint density at radius 3 is 2.81 bits per heavy atom. The first kappa shape index (κ1) is 21.5. The molecular weight excluding hydrogens is 414 g/mol.